The predicted octanol–water partition coefficient (Wildman–Crippen LogP) is 3.54. The summed E-state index contributed by atoms with van der Waals surface area (Å²) in [6, 6.07) is 7.38. The third-order valence-corrected chi connectivity index (χ3v) is 5.44. The van der Waals surface area contributed by atoms with E-state index in [9.17, 15) is 9.59 Å². The van der Waals surface area contributed by atoms with Gasteiger partial charge in [-0.1, -0.05) is 0 Å². The minimum absolute atomic E-state index is 0.0899. The number of amides is 2. The van der Waals surface area contributed by atoms with Gasteiger partial charge in [0.05, 0.1) is 10.0 Å². The molecule has 0 bridgehead atoms. The molecule has 1 aliphatic heterocycles. The van der Waals surface area contributed by atoms with E-state index in [2.05, 4.69) is 21.2 Å². The van der Waals surface area contributed by atoms with Crippen molar-refractivity contribution >= 4 is 45.2 Å². The van der Waals surface area contributed by atoms with E-state index in [4.69, 9.17) is 4.42 Å². The Morgan fingerprint density at radius 2 is 2.08 bits per heavy atom. The number of hydrogen-bond donors (Lipinski definition) is 1. The molecule has 1 aliphatic rings. The van der Waals surface area contributed by atoms with Crippen molar-refractivity contribution in [2.45, 2.75) is 18.9 Å². The lowest BCUT2D eigenvalue weighted by Gasteiger charge is -2.31. The van der Waals surface area contributed by atoms with Crippen molar-refractivity contribution in [3.63, 3.8) is 0 Å². The highest BCUT2D eigenvalue weighted by Gasteiger charge is 2.25. The van der Waals surface area contributed by atoms with Crippen molar-refractivity contribution in [3.05, 3.63) is 51.0 Å². The number of piperidine rings is 1. The summed E-state index contributed by atoms with van der Waals surface area (Å²) in [7, 11) is 0. The van der Waals surface area contributed by atoms with Gasteiger partial charge in [-0.3, -0.25) is 9.59 Å². The van der Waals surface area contributed by atoms with Crippen LogP contribution in [0.1, 0.15) is 28.3 Å². The molecule has 0 aromatic carbocycles. The molecule has 0 radical (unpaired) electrons. The van der Waals surface area contributed by atoms with Gasteiger partial charge >= 0.3 is 0 Å². The lowest BCUT2D eigenvalue weighted by Crippen LogP contribution is -2.46. The van der Waals surface area contributed by atoms with Crippen LogP contribution in [0.5, 0.6) is 0 Å². The molecule has 24 heavy (non-hydrogen) atoms. The Morgan fingerprint density at radius 3 is 2.71 bits per heavy atom. The lowest BCUT2D eigenvalue weighted by atomic mass is 10.0. The Kier molecular flexibility index (Phi) is 5.52. The van der Waals surface area contributed by atoms with E-state index in [0.29, 0.717) is 18.8 Å². The fourth-order valence-electron chi connectivity index (χ4n) is 2.61. The van der Waals surface area contributed by atoms with Crippen LogP contribution < -0.4 is 5.32 Å². The summed E-state index contributed by atoms with van der Waals surface area (Å²) >= 11 is 4.97. The highest BCUT2D eigenvalue weighted by atomic mass is 79.9. The van der Waals surface area contributed by atoms with Gasteiger partial charge in [0.2, 0.25) is 5.91 Å². The summed E-state index contributed by atoms with van der Waals surface area (Å²) < 4.78 is 6.18. The normalized spacial score (nSPS) is 15.8. The minimum atomic E-state index is -0.102. The number of likely N-dealkylation sites (tertiary alicyclic amines) is 1. The van der Waals surface area contributed by atoms with Gasteiger partial charge in [-0.2, -0.15) is 0 Å². The molecule has 7 heteroatoms. The van der Waals surface area contributed by atoms with Crippen LogP contribution in [0.3, 0.4) is 0 Å². The number of rotatable bonds is 4. The largest absolute Gasteiger partial charge is 0.459 e. The van der Waals surface area contributed by atoms with E-state index in [0.717, 1.165) is 21.5 Å². The van der Waals surface area contributed by atoms with Crippen LogP contribution in [0.2, 0.25) is 0 Å². The van der Waals surface area contributed by atoms with Gasteiger partial charge in [0, 0.05) is 30.1 Å². The quantitative estimate of drug-likeness (QED) is 0.786. The van der Waals surface area contributed by atoms with Crippen LogP contribution in [0.25, 0.3) is 6.08 Å². The molecule has 3 rings (SSSR count). The average Bonchev–Trinajstić information content (AvgIpc) is 3.25. The molecular weight excluding hydrogens is 392 g/mol. The van der Waals surface area contributed by atoms with E-state index in [1.165, 1.54) is 6.26 Å². The van der Waals surface area contributed by atoms with Crippen molar-refractivity contribution in [2.75, 3.05) is 13.1 Å². The molecule has 1 saturated heterocycles. The third kappa shape index (κ3) is 4.36. The number of thiophene rings is 1. The summed E-state index contributed by atoms with van der Waals surface area (Å²) in [6.07, 6.45) is 6.35. The van der Waals surface area contributed by atoms with Crippen molar-refractivity contribution in [1.82, 2.24) is 10.2 Å². The first-order valence-electron chi connectivity index (χ1n) is 7.68. The van der Waals surface area contributed by atoms with E-state index in [-0.39, 0.29) is 17.9 Å². The number of carbonyl (C=O) groups excluding carboxylic acids is 2. The summed E-state index contributed by atoms with van der Waals surface area (Å²) in [5.74, 6) is 0.172. The van der Waals surface area contributed by atoms with E-state index in [1.54, 1.807) is 40.5 Å². The standard InChI is InChI=1S/C17H17BrN2O3S/c18-15-5-3-13(24-15)4-6-16(21)19-12-7-9-20(10-8-12)17(22)14-2-1-11-23-14/h1-6,11-12H,7-10H2,(H,19,21)/b6-4+. The zero-order valence-corrected chi connectivity index (χ0v) is 15.3. The number of furan rings is 1. The molecule has 1 fully saturated rings. The molecule has 0 aliphatic carbocycles. The van der Waals surface area contributed by atoms with Crippen molar-refractivity contribution in [3.8, 4) is 0 Å². The molecule has 0 atom stereocenters. The van der Waals surface area contributed by atoms with E-state index < -0.39 is 0 Å². The first-order chi connectivity index (χ1) is 11.6. The predicted molar refractivity (Wildman–Crippen MR) is 96.8 cm³/mol. The number of hydrogen-bond acceptors (Lipinski definition) is 4. The molecule has 0 spiro atoms. The minimum Gasteiger partial charge on any atom is -0.459 e. The SMILES string of the molecule is O=C(/C=C/c1ccc(Br)s1)NC1CCN(C(=O)c2ccco2)CC1. The first-order valence-corrected chi connectivity index (χ1v) is 9.29. The number of carbonyl (C=O) groups is 2. The smallest absolute Gasteiger partial charge is 0.289 e. The second-order valence-electron chi connectivity index (χ2n) is 5.53. The van der Waals surface area contributed by atoms with Crippen molar-refractivity contribution in [1.29, 1.82) is 0 Å². The average molecular weight is 409 g/mol. The maximum absolute atomic E-state index is 12.2. The van der Waals surface area contributed by atoms with Gasteiger partial charge in [0.15, 0.2) is 5.76 Å². The van der Waals surface area contributed by atoms with Crippen LogP contribution in [-0.4, -0.2) is 35.8 Å². The fourth-order valence-corrected chi connectivity index (χ4v) is 3.93. The Labute approximate surface area is 152 Å². The van der Waals surface area contributed by atoms with Gasteiger partial charge in [-0.15, -0.1) is 11.3 Å². The summed E-state index contributed by atoms with van der Waals surface area (Å²) in [4.78, 5) is 27.0. The fraction of sp³-hybridized carbons (Fsp3) is 0.294. The third-order valence-electron chi connectivity index (χ3n) is 3.85. The van der Waals surface area contributed by atoms with Gasteiger partial charge < -0.3 is 14.6 Å². The second-order valence-corrected chi connectivity index (χ2v) is 8.02. The molecule has 0 unspecified atom stereocenters. The number of halogens is 1. The van der Waals surface area contributed by atoms with Gasteiger partial charge in [0.1, 0.15) is 0 Å². The molecule has 0 saturated carbocycles. The Bertz CT molecular complexity index is 731. The molecule has 2 aromatic heterocycles. The Morgan fingerprint density at radius 1 is 1.29 bits per heavy atom. The van der Waals surface area contributed by atoms with Gasteiger partial charge in [-0.25, -0.2) is 0 Å². The molecule has 1 N–H and O–H groups in total. The maximum atomic E-state index is 12.2. The monoisotopic (exact) mass is 408 g/mol. The van der Waals surface area contributed by atoms with Crippen molar-refractivity contribution < 1.29 is 14.0 Å². The highest BCUT2D eigenvalue weighted by molar-refractivity contribution is 9.11. The van der Waals surface area contributed by atoms with Gasteiger partial charge in [-0.05, 0) is 59.1 Å². The topological polar surface area (TPSA) is 62.6 Å². The van der Waals surface area contributed by atoms with Crippen LogP contribution in [-0.2, 0) is 4.79 Å². The summed E-state index contributed by atoms with van der Waals surface area (Å²) in [6.45, 7) is 1.23. The van der Waals surface area contributed by atoms with Crippen LogP contribution in [0.4, 0.5) is 0 Å². The van der Waals surface area contributed by atoms with E-state index >= 15 is 0 Å². The molecule has 126 valence electrons. The highest BCUT2D eigenvalue weighted by Crippen LogP contribution is 2.23. The van der Waals surface area contributed by atoms with Crippen LogP contribution in [0, 0.1) is 0 Å². The Balaban J connectivity index is 1.46. The molecule has 5 nitrogen and oxygen atoms in total. The molecule has 3 heterocycles. The summed E-state index contributed by atoms with van der Waals surface area (Å²) in [5.41, 5.74) is 0. The van der Waals surface area contributed by atoms with Crippen LogP contribution >= 0.6 is 27.3 Å². The zero-order chi connectivity index (χ0) is 16.9. The maximum Gasteiger partial charge on any atom is 0.289 e. The van der Waals surface area contributed by atoms with Crippen LogP contribution in [0.15, 0.2) is 44.8 Å². The first kappa shape index (κ1) is 17.0. The zero-order valence-electron chi connectivity index (χ0n) is 12.9. The van der Waals surface area contributed by atoms with Gasteiger partial charge in [0.25, 0.3) is 5.91 Å². The van der Waals surface area contributed by atoms with Crippen molar-refractivity contribution in [2.24, 2.45) is 0 Å². The Hall–Kier alpha value is -1.86. The number of nitrogens with zero attached hydrogens (tertiary/aromatic N) is 1. The number of nitrogens with one attached hydrogen (secondary N) is 1. The van der Waals surface area contributed by atoms with E-state index in [1.807, 2.05) is 12.1 Å². The lowest BCUT2D eigenvalue weighted by molar-refractivity contribution is -0.117. The summed E-state index contributed by atoms with van der Waals surface area (Å²) in [5, 5.41) is 3.00. The molecular formula is C17H17BrN2O3S. The molecule has 2 amide bonds. The second kappa shape index (κ2) is 7.81. The molecule has 2 aromatic rings.